The van der Waals surface area contributed by atoms with Crippen molar-refractivity contribution in [1.82, 2.24) is 14.4 Å². The summed E-state index contributed by atoms with van der Waals surface area (Å²) in [5, 5.41) is 0. The van der Waals surface area contributed by atoms with Crippen molar-refractivity contribution >= 4 is 11.8 Å². The number of amides is 2. The van der Waals surface area contributed by atoms with E-state index in [1.165, 1.54) is 0 Å². The summed E-state index contributed by atoms with van der Waals surface area (Å²) >= 11 is 0. The van der Waals surface area contributed by atoms with Gasteiger partial charge in [-0.1, -0.05) is 13.8 Å². The van der Waals surface area contributed by atoms with Gasteiger partial charge in [-0.25, -0.2) is 0 Å². The normalized spacial score (nSPS) is 16.2. The lowest BCUT2D eigenvalue weighted by molar-refractivity contribution is -0.135. The zero-order chi connectivity index (χ0) is 21.4. The van der Waals surface area contributed by atoms with Crippen LogP contribution in [0.15, 0.2) is 24.3 Å². The second-order valence-corrected chi connectivity index (χ2v) is 8.22. The van der Waals surface area contributed by atoms with E-state index in [0.29, 0.717) is 45.0 Å². The Morgan fingerprint density at radius 1 is 0.900 bits per heavy atom. The van der Waals surface area contributed by atoms with E-state index in [2.05, 4.69) is 4.57 Å². The van der Waals surface area contributed by atoms with Crippen LogP contribution in [0.3, 0.4) is 0 Å². The lowest BCUT2D eigenvalue weighted by Crippen LogP contribution is -2.51. The lowest BCUT2D eigenvalue weighted by Gasteiger charge is -2.35. The van der Waals surface area contributed by atoms with Gasteiger partial charge in [-0.05, 0) is 32.0 Å². The number of aromatic nitrogens is 1. The highest BCUT2D eigenvalue weighted by molar-refractivity contribution is 5.96. The molecule has 0 radical (unpaired) electrons. The van der Waals surface area contributed by atoms with Gasteiger partial charge in [-0.2, -0.15) is 0 Å². The molecule has 0 atom stereocenters. The Morgan fingerprint density at radius 2 is 1.53 bits per heavy atom. The molecule has 4 rings (SSSR count). The maximum atomic E-state index is 13.2. The van der Waals surface area contributed by atoms with Gasteiger partial charge in [0.2, 0.25) is 5.91 Å². The first-order chi connectivity index (χ1) is 14.4. The molecule has 160 valence electrons. The van der Waals surface area contributed by atoms with E-state index in [-0.39, 0.29) is 17.7 Å². The highest BCUT2D eigenvalue weighted by Gasteiger charge is 2.28. The van der Waals surface area contributed by atoms with Gasteiger partial charge in [0, 0.05) is 55.2 Å². The molecule has 7 nitrogen and oxygen atoms in total. The Kier molecular flexibility index (Phi) is 5.45. The molecule has 2 amide bonds. The third-order valence-electron chi connectivity index (χ3n) is 5.82. The number of hydrogen-bond donors (Lipinski definition) is 0. The van der Waals surface area contributed by atoms with E-state index in [9.17, 15) is 9.59 Å². The van der Waals surface area contributed by atoms with Crippen LogP contribution in [-0.2, 0) is 4.79 Å². The first-order valence-corrected chi connectivity index (χ1v) is 10.5. The quantitative estimate of drug-likeness (QED) is 0.779. The van der Waals surface area contributed by atoms with Gasteiger partial charge in [0.05, 0.1) is 5.56 Å². The fraction of sp³-hybridized carbons (Fsp3) is 0.478. The van der Waals surface area contributed by atoms with Crippen LogP contribution in [0.4, 0.5) is 0 Å². The molecule has 0 bridgehead atoms. The smallest absolute Gasteiger partial charge is 0.255 e. The Hall–Kier alpha value is -2.96. The number of carbonyl (C=O) groups is 2. The fourth-order valence-electron chi connectivity index (χ4n) is 4.21. The average molecular weight is 412 g/mol. The molecule has 0 saturated carbocycles. The molecule has 1 aromatic carbocycles. The molecule has 1 saturated heterocycles. The highest BCUT2D eigenvalue weighted by atomic mass is 16.6. The molecule has 0 spiro atoms. The van der Waals surface area contributed by atoms with Crippen molar-refractivity contribution in [1.29, 1.82) is 0 Å². The zero-order valence-corrected chi connectivity index (χ0v) is 18.1. The second-order valence-electron chi connectivity index (χ2n) is 8.22. The van der Waals surface area contributed by atoms with Crippen LogP contribution in [0, 0.1) is 19.8 Å². The molecule has 0 unspecified atom stereocenters. The molecule has 1 fully saturated rings. The second kappa shape index (κ2) is 8.05. The number of nitrogens with zero attached hydrogens (tertiary/aromatic N) is 3. The van der Waals surface area contributed by atoms with E-state index in [1.807, 2.05) is 61.8 Å². The number of fused-ring (bicyclic) bond motifs is 1. The molecule has 0 N–H and O–H groups in total. The maximum Gasteiger partial charge on any atom is 0.255 e. The van der Waals surface area contributed by atoms with Gasteiger partial charge < -0.3 is 23.8 Å². The largest absolute Gasteiger partial charge is 0.486 e. The van der Waals surface area contributed by atoms with Crippen LogP contribution < -0.4 is 9.47 Å². The van der Waals surface area contributed by atoms with Crippen molar-refractivity contribution in [3.63, 3.8) is 0 Å². The zero-order valence-electron chi connectivity index (χ0n) is 18.1. The Labute approximate surface area is 177 Å². The molecule has 2 aromatic rings. The third-order valence-corrected chi connectivity index (χ3v) is 5.82. The fourth-order valence-corrected chi connectivity index (χ4v) is 4.21. The number of benzene rings is 1. The standard InChI is InChI=1S/C23H29N3O4/c1-15(2)22(27)24-7-9-25(10-8-24)23(28)19-13-16(3)26(17(19)4)18-5-6-20-21(14-18)30-12-11-29-20/h5-6,13-15H,7-12H2,1-4H3. The van der Waals surface area contributed by atoms with E-state index >= 15 is 0 Å². The van der Waals surface area contributed by atoms with Crippen molar-refractivity contribution in [3.8, 4) is 17.2 Å². The summed E-state index contributed by atoms with van der Waals surface area (Å²) < 4.78 is 13.4. The van der Waals surface area contributed by atoms with E-state index < -0.39 is 0 Å². The Bertz CT molecular complexity index is 971. The van der Waals surface area contributed by atoms with Crippen LogP contribution in [0.1, 0.15) is 35.6 Å². The molecule has 30 heavy (non-hydrogen) atoms. The van der Waals surface area contributed by atoms with Gasteiger partial charge in [-0.15, -0.1) is 0 Å². The minimum absolute atomic E-state index is 0.0165. The molecule has 7 heteroatoms. The number of hydrogen-bond acceptors (Lipinski definition) is 4. The van der Waals surface area contributed by atoms with Crippen molar-refractivity contribution in [2.24, 2.45) is 5.92 Å². The Morgan fingerprint density at radius 3 is 2.20 bits per heavy atom. The molecule has 2 aliphatic heterocycles. The Balaban J connectivity index is 1.54. The van der Waals surface area contributed by atoms with Crippen molar-refractivity contribution in [2.45, 2.75) is 27.7 Å². The van der Waals surface area contributed by atoms with Crippen LogP contribution in [0.5, 0.6) is 11.5 Å². The number of ether oxygens (including phenoxy) is 2. The monoisotopic (exact) mass is 411 g/mol. The van der Waals surface area contributed by atoms with Crippen LogP contribution in [0.25, 0.3) is 5.69 Å². The summed E-state index contributed by atoms with van der Waals surface area (Å²) in [6.07, 6.45) is 0. The van der Waals surface area contributed by atoms with Crippen molar-refractivity contribution in [3.05, 3.63) is 41.2 Å². The number of carbonyl (C=O) groups excluding carboxylic acids is 2. The molecular weight excluding hydrogens is 382 g/mol. The summed E-state index contributed by atoms with van der Waals surface area (Å²) in [5.41, 5.74) is 3.53. The first-order valence-electron chi connectivity index (χ1n) is 10.5. The SMILES string of the molecule is Cc1cc(C(=O)N2CCN(C(=O)C(C)C)CC2)c(C)n1-c1ccc2c(c1)OCCO2. The number of aryl methyl sites for hydroxylation is 1. The predicted octanol–water partition coefficient (Wildman–Crippen LogP) is 2.81. The molecule has 0 aliphatic carbocycles. The summed E-state index contributed by atoms with van der Waals surface area (Å²) in [5.74, 6) is 1.63. The lowest BCUT2D eigenvalue weighted by atomic mass is 10.1. The van der Waals surface area contributed by atoms with Gasteiger partial charge in [0.1, 0.15) is 13.2 Å². The predicted molar refractivity (Wildman–Crippen MR) is 114 cm³/mol. The van der Waals surface area contributed by atoms with Gasteiger partial charge in [0.25, 0.3) is 5.91 Å². The van der Waals surface area contributed by atoms with Gasteiger partial charge >= 0.3 is 0 Å². The molecule has 1 aromatic heterocycles. The molecule has 3 heterocycles. The van der Waals surface area contributed by atoms with Gasteiger partial charge in [-0.3, -0.25) is 9.59 Å². The van der Waals surface area contributed by atoms with Crippen LogP contribution in [-0.4, -0.2) is 65.6 Å². The highest BCUT2D eigenvalue weighted by Crippen LogP contribution is 2.33. The first kappa shape index (κ1) is 20.3. The molecular formula is C23H29N3O4. The van der Waals surface area contributed by atoms with E-state index in [1.54, 1.807) is 0 Å². The summed E-state index contributed by atoms with van der Waals surface area (Å²) in [6, 6.07) is 7.80. The van der Waals surface area contributed by atoms with Crippen LogP contribution in [0.2, 0.25) is 0 Å². The summed E-state index contributed by atoms with van der Waals surface area (Å²) in [6.45, 7) is 11.2. The average Bonchev–Trinajstić information content (AvgIpc) is 3.06. The summed E-state index contributed by atoms with van der Waals surface area (Å²) in [4.78, 5) is 29.1. The topological polar surface area (TPSA) is 64.0 Å². The van der Waals surface area contributed by atoms with E-state index in [0.717, 1.165) is 28.6 Å². The van der Waals surface area contributed by atoms with Crippen molar-refractivity contribution in [2.75, 3.05) is 39.4 Å². The number of piperazine rings is 1. The third kappa shape index (κ3) is 3.64. The van der Waals surface area contributed by atoms with E-state index in [4.69, 9.17) is 9.47 Å². The number of rotatable bonds is 3. The summed E-state index contributed by atoms with van der Waals surface area (Å²) in [7, 11) is 0. The molecule has 2 aliphatic rings. The minimum Gasteiger partial charge on any atom is -0.486 e. The van der Waals surface area contributed by atoms with Gasteiger partial charge in [0.15, 0.2) is 11.5 Å². The maximum absolute atomic E-state index is 13.2. The van der Waals surface area contributed by atoms with Crippen LogP contribution >= 0.6 is 0 Å². The minimum atomic E-state index is -0.0165. The van der Waals surface area contributed by atoms with Crippen molar-refractivity contribution < 1.29 is 19.1 Å².